The molecule has 1 aromatic carbocycles. The zero-order chi connectivity index (χ0) is 9.68. The van der Waals surface area contributed by atoms with Crippen LogP contribution in [0.25, 0.3) is 6.08 Å². The van der Waals surface area contributed by atoms with Crippen LogP contribution in [0.3, 0.4) is 0 Å². The number of alkyl halides is 1. The van der Waals surface area contributed by atoms with Crippen LogP contribution in [0.15, 0.2) is 24.3 Å². The molecule has 0 aliphatic rings. The normalized spacial score (nSPS) is 11.0. The Morgan fingerprint density at radius 1 is 1.31 bits per heavy atom. The summed E-state index contributed by atoms with van der Waals surface area (Å²) in [4.78, 5) is 0. The summed E-state index contributed by atoms with van der Waals surface area (Å²) in [5.74, 6) is 0.696. The zero-order valence-electron chi connectivity index (χ0n) is 8.18. The summed E-state index contributed by atoms with van der Waals surface area (Å²) in [6.07, 6.45) is 5.20. The van der Waals surface area contributed by atoms with E-state index in [1.807, 2.05) is 0 Å². The first-order chi connectivity index (χ1) is 6.24. The molecule has 1 heteroatoms. The topological polar surface area (TPSA) is 0 Å². The molecule has 0 N–H and O–H groups in total. The van der Waals surface area contributed by atoms with Crippen molar-refractivity contribution in [2.45, 2.75) is 20.3 Å². The molecule has 0 unspecified atom stereocenters. The maximum atomic E-state index is 5.59. The lowest BCUT2D eigenvalue weighted by atomic mass is 10.1. The Balaban J connectivity index is 2.81. The van der Waals surface area contributed by atoms with Gasteiger partial charge in [-0.25, -0.2) is 0 Å². The summed E-state index contributed by atoms with van der Waals surface area (Å²) in [6.45, 7) is 4.23. The van der Waals surface area contributed by atoms with Gasteiger partial charge < -0.3 is 0 Å². The van der Waals surface area contributed by atoms with Crippen molar-refractivity contribution in [3.05, 3.63) is 41.0 Å². The van der Waals surface area contributed by atoms with Gasteiger partial charge in [-0.3, -0.25) is 0 Å². The fourth-order valence-corrected chi connectivity index (χ4v) is 1.34. The lowest BCUT2D eigenvalue weighted by molar-refractivity contribution is 1.24. The molecule has 1 aromatic rings. The number of rotatable bonds is 3. The van der Waals surface area contributed by atoms with Crippen LogP contribution < -0.4 is 0 Å². The van der Waals surface area contributed by atoms with Gasteiger partial charge in [0.15, 0.2) is 0 Å². The van der Waals surface area contributed by atoms with E-state index in [0.717, 1.165) is 6.42 Å². The largest absolute Gasteiger partial charge is 0.126 e. The highest BCUT2D eigenvalue weighted by Gasteiger charge is 1.93. The van der Waals surface area contributed by atoms with E-state index in [1.54, 1.807) is 0 Å². The molecule has 0 bridgehead atoms. The fourth-order valence-electron chi connectivity index (χ4n) is 1.21. The second-order valence-electron chi connectivity index (χ2n) is 3.24. The second-order valence-corrected chi connectivity index (χ2v) is 3.62. The highest BCUT2D eigenvalue weighted by molar-refractivity contribution is 6.17. The molecule has 0 spiro atoms. The van der Waals surface area contributed by atoms with Crippen LogP contribution in [0.2, 0.25) is 0 Å². The van der Waals surface area contributed by atoms with E-state index in [-0.39, 0.29) is 0 Å². The molecule has 1 rings (SSSR count). The Morgan fingerprint density at radius 2 is 2.08 bits per heavy atom. The van der Waals surface area contributed by atoms with Crippen molar-refractivity contribution in [3.8, 4) is 0 Å². The van der Waals surface area contributed by atoms with Gasteiger partial charge in [0.05, 0.1) is 0 Å². The van der Waals surface area contributed by atoms with Crippen molar-refractivity contribution in [2.75, 3.05) is 5.88 Å². The predicted octanol–water partition coefficient (Wildman–Crippen LogP) is 3.95. The van der Waals surface area contributed by atoms with Crippen molar-refractivity contribution >= 4 is 17.7 Å². The molecule has 0 aromatic heterocycles. The Bertz CT molecular complexity index is 300. The first-order valence-corrected chi connectivity index (χ1v) is 5.07. The van der Waals surface area contributed by atoms with E-state index in [0.29, 0.717) is 5.88 Å². The molecule has 0 aliphatic heterocycles. The van der Waals surface area contributed by atoms with Gasteiger partial charge in [-0.05, 0) is 31.4 Å². The number of benzene rings is 1. The van der Waals surface area contributed by atoms with Gasteiger partial charge in [0, 0.05) is 5.88 Å². The van der Waals surface area contributed by atoms with Crippen LogP contribution in [-0.4, -0.2) is 5.88 Å². The molecule has 0 radical (unpaired) electrons. The molecule has 0 fully saturated rings. The molecule has 0 saturated carbocycles. The lowest BCUT2D eigenvalue weighted by Crippen LogP contribution is -1.81. The van der Waals surface area contributed by atoms with E-state index in [2.05, 4.69) is 44.2 Å². The van der Waals surface area contributed by atoms with Gasteiger partial charge >= 0.3 is 0 Å². The maximum Gasteiger partial charge on any atom is 0.0258 e. The average Bonchev–Trinajstić information content (AvgIpc) is 2.11. The third-order valence-electron chi connectivity index (χ3n) is 2.01. The number of aryl methyl sites for hydroxylation is 2. The Labute approximate surface area is 85.2 Å². The van der Waals surface area contributed by atoms with Gasteiger partial charge in [-0.1, -0.05) is 35.9 Å². The van der Waals surface area contributed by atoms with Crippen molar-refractivity contribution in [3.63, 3.8) is 0 Å². The zero-order valence-corrected chi connectivity index (χ0v) is 8.93. The third kappa shape index (κ3) is 3.23. The summed E-state index contributed by atoms with van der Waals surface area (Å²) in [6, 6.07) is 6.48. The smallest absolute Gasteiger partial charge is 0.0258 e. The van der Waals surface area contributed by atoms with E-state index in [1.165, 1.54) is 16.7 Å². The van der Waals surface area contributed by atoms with Crippen LogP contribution in [-0.2, 0) is 0 Å². The Kier molecular flexibility index (Phi) is 4.04. The Hall–Kier alpha value is -0.750. The standard InChI is InChI=1S/C12H15Cl/c1-10-6-7-11(2)12(9-10)5-3-4-8-13/h3,5-7,9H,4,8H2,1-2H3. The van der Waals surface area contributed by atoms with Gasteiger partial charge in [-0.2, -0.15) is 0 Å². The van der Waals surface area contributed by atoms with Crippen LogP contribution in [0.4, 0.5) is 0 Å². The minimum atomic E-state index is 0.696. The maximum absolute atomic E-state index is 5.59. The minimum Gasteiger partial charge on any atom is -0.126 e. The van der Waals surface area contributed by atoms with Gasteiger partial charge in [0.2, 0.25) is 0 Å². The molecular weight excluding hydrogens is 180 g/mol. The number of halogens is 1. The van der Waals surface area contributed by atoms with Crippen molar-refractivity contribution < 1.29 is 0 Å². The third-order valence-corrected chi connectivity index (χ3v) is 2.23. The minimum absolute atomic E-state index is 0.696. The summed E-state index contributed by atoms with van der Waals surface area (Å²) >= 11 is 5.59. The van der Waals surface area contributed by atoms with Gasteiger partial charge in [-0.15, -0.1) is 11.6 Å². The average molecular weight is 195 g/mol. The monoisotopic (exact) mass is 194 g/mol. The second kappa shape index (κ2) is 5.08. The molecule has 0 saturated heterocycles. The number of hydrogen-bond donors (Lipinski definition) is 0. The van der Waals surface area contributed by atoms with Gasteiger partial charge in [0.25, 0.3) is 0 Å². The highest BCUT2D eigenvalue weighted by atomic mass is 35.5. The molecule has 13 heavy (non-hydrogen) atoms. The van der Waals surface area contributed by atoms with E-state index in [4.69, 9.17) is 11.6 Å². The van der Waals surface area contributed by atoms with Crippen molar-refractivity contribution in [1.29, 1.82) is 0 Å². The lowest BCUT2D eigenvalue weighted by Gasteiger charge is -2.01. The van der Waals surface area contributed by atoms with Gasteiger partial charge in [0.1, 0.15) is 0 Å². The summed E-state index contributed by atoms with van der Waals surface area (Å²) < 4.78 is 0. The molecule has 0 atom stereocenters. The van der Waals surface area contributed by atoms with Crippen molar-refractivity contribution in [1.82, 2.24) is 0 Å². The molecule has 0 aliphatic carbocycles. The van der Waals surface area contributed by atoms with Crippen LogP contribution in [0.5, 0.6) is 0 Å². The van der Waals surface area contributed by atoms with Crippen molar-refractivity contribution in [2.24, 2.45) is 0 Å². The number of allylic oxidation sites excluding steroid dienone is 1. The Morgan fingerprint density at radius 3 is 2.77 bits per heavy atom. The molecule has 70 valence electrons. The van der Waals surface area contributed by atoms with E-state index >= 15 is 0 Å². The molecular formula is C12H15Cl. The van der Waals surface area contributed by atoms with E-state index in [9.17, 15) is 0 Å². The molecule has 0 amide bonds. The molecule has 0 heterocycles. The van der Waals surface area contributed by atoms with E-state index < -0.39 is 0 Å². The van der Waals surface area contributed by atoms with Crippen LogP contribution >= 0.6 is 11.6 Å². The highest BCUT2D eigenvalue weighted by Crippen LogP contribution is 2.12. The summed E-state index contributed by atoms with van der Waals surface area (Å²) in [5.41, 5.74) is 3.91. The quantitative estimate of drug-likeness (QED) is 0.640. The number of hydrogen-bond acceptors (Lipinski definition) is 0. The van der Waals surface area contributed by atoms with Crippen LogP contribution in [0, 0.1) is 13.8 Å². The molecule has 0 nitrogen and oxygen atoms in total. The predicted molar refractivity (Wildman–Crippen MR) is 60.3 cm³/mol. The van der Waals surface area contributed by atoms with Crippen LogP contribution in [0.1, 0.15) is 23.1 Å². The summed E-state index contributed by atoms with van der Waals surface area (Å²) in [7, 11) is 0. The SMILES string of the molecule is Cc1ccc(C)c(C=CCCCl)c1. The first kappa shape index (κ1) is 10.3. The first-order valence-electron chi connectivity index (χ1n) is 4.54. The fraction of sp³-hybridized carbons (Fsp3) is 0.333. The summed E-state index contributed by atoms with van der Waals surface area (Å²) in [5, 5.41) is 0.